The number of aryl methyl sites for hydroxylation is 2. The van der Waals surface area contributed by atoms with Crippen LogP contribution in [0.4, 0.5) is 5.69 Å². The molecule has 1 fully saturated rings. The number of nitrogens with two attached hydrogens (primary N) is 1. The molecular formula is C24H38N2. The van der Waals surface area contributed by atoms with Crippen molar-refractivity contribution in [3.63, 3.8) is 0 Å². The highest BCUT2D eigenvalue weighted by molar-refractivity contribution is 5.52. The second-order valence-corrected chi connectivity index (χ2v) is 7.44. The molecule has 3 N–H and O–H groups in total. The van der Waals surface area contributed by atoms with Gasteiger partial charge in [-0.2, -0.15) is 0 Å². The third-order valence-electron chi connectivity index (χ3n) is 5.11. The Bertz CT molecular complexity index is 656. The van der Waals surface area contributed by atoms with E-state index >= 15 is 0 Å². The lowest BCUT2D eigenvalue weighted by atomic mass is 10.0. The van der Waals surface area contributed by atoms with Gasteiger partial charge >= 0.3 is 0 Å². The number of anilines is 1. The molecule has 2 aromatic carbocycles. The molecule has 2 aromatic rings. The minimum absolute atomic E-state index is 0.532. The first-order valence-electron chi connectivity index (χ1n) is 9.97. The number of rotatable bonds is 4. The Hall–Kier alpha value is -1.80. The third-order valence-corrected chi connectivity index (χ3v) is 5.11. The Morgan fingerprint density at radius 3 is 2.00 bits per heavy atom. The lowest BCUT2D eigenvalue weighted by Gasteiger charge is -2.06. The van der Waals surface area contributed by atoms with E-state index in [-0.39, 0.29) is 0 Å². The summed E-state index contributed by atoms with van der Waals surface area (Å²) in [7, 11) is 1.96. The third kappa shape index (κ3) is 6.17. The SMILES string of the molecule is CC.CC1(C)CC1c1ccc(CN)cc1.CCc1ccc(C)c(NC)c1. The van der Waals surface area contributed by atoms with Gasteiger partial charge in [-0.3, -0.25) is 0 Å². The first kappa shape index (κ1) is 22.2. The summed E-state index contributed by atoms with van der Waals surface area (Å²) in [4.78, 5) is 0. The molecule has 2 nitrogen and oxygen atoms in total. The standard InChI is InChI=1S/C12H17N.C10H15N.C2H6/c1-12(2)7-11(12)10-5-3-9(8-13)4-6-10;1-4-9-6-5-8(2)10(7-9)11-3;1-2/h3-6,11H,7-8,13H2,1-2H3;5-7,11H,4H2,1-3H3;1-2H3. The lowest BCUT2D eigenvalue weighted by Crippen LogP contribution is -1.96. The number of nitrogens with one attached hydrogen (secondary N) is 1. The van der Waals surface area contributed by atoms with Gasteiger partial charge in [0.2, 0.25) is 0 Å². The van der Waals surface area contributed by atoms with Crippen molar-refractivity contribution in [2.24, 2.45) is 11.1 Å². The summed E-state index contributed by atoms with van der Waals surface area (Å²) in [5, 5.41) is 3.17. The molecule has 0 heterocycles. The molecule has 0 bridgehead atoms. The highest BCUT2D eigenvalue weighted by Crippen LogP contribution is 2.58. The average Bonchev–Trinajstić information content (AvgIpc) is 3.32. The highest BCUT2D eigenvalue weighted by Gasteiger charge is 2.46. The van der Waals surface area contributed by atoms with E-state index in [1.54, 1.807) is 0 Å². The Morgan fingerprint density at radius 2 is 1.58 bits per heavy atom. The molecule has 0 amide bonds. The van der Waals surface area contributed by atoms with Crippen LogP contribution >= 0.6 is 0 Å². The summed E-state index contributed by atoms with van der Waals surface area (Å²) < 4.78 is 0. The van der Waals surface area contributed by atoms with E-state index in [0.717, 1.165) is 12.3 Å². The fraction of sp³-hybridized carbons (Fsp3) is 0.500. The van der Waals surface area contributed by atoms with Crippen LogP contribution < -0.4 is 11.1 Å². The van der Waals surface area contributed by atoms with Gasteiger partial charge in [0.05, 0.1) is 0 Å². The zero-order valence-electron chi connectivity index (χ0n) is 17.8. The van der Waals surface area contributed by atoms with Crippen molar-refractivity contribution in [3.8, 4) is 0 Å². The Kier molecular flexibility index (Phi) is 8.87. The van der Waals surface area contributed by atoms with Gasteiger partial charge in [-0.15, -0.1) is 0 Å². The molecule has 0 aromatic heterocycles. The molecule has 0 radical (unpaired) electrons. The van der Waals surface area contributed by atoms with Crippen LogP contribution in [0.3, 0.4) is 0 Å². The zero-order valence-corrected chi connectivity index (χ0v) is 17.8. The van der Waals surface area contributed by atoms with Gasteiger partial charge in [-0.05, 0) is 59.4 Å². The molecule has 26 heavy (non-hydrogen) atoms. The van der Waals surface area contributed by atoms with Crippen molar-refractivity contribution in [3.05, 3.63) is 64.7 Å². The first-order chi connectivity index (χ1) is 12.4. The Labute approximate surface area is 161 Å². The van der Waals surface area contributed by atoms with Crippen LogP contribution in [-0.4, -0.2) is 7.05 Å². The molecule has 1 atom stereocenters. The Morgan fingerprint density at radius 1 is 1.04 bits per heavy atom. The van der Waals surface area contributed by atoms with Gasteiger partial charge in [0, 0.05) is 19.3 Å². The molecular weight excluding hydrogens is 316 g/mol. The second-order valence-electron chi connectivity index (χ2n) is 7.44. The van der Waals surface area contributed by atoms with E-state index in [9.17, 15) is 0 Å². The van der Waals surface area contributed by atoms with Crippen LogP contribution in [0.1, 0.15) is 69.2 Å². The molecule has 144 valence electrons. The topological polar surface area (TPSA) is 38.0 Å². The lowest BCUT2D eigenvalue weighted by molar-refractivity contribution is 0.621. The average molecular weight is 355 g/mol. The van der Waals surface area contributed by atoms with Crippen molar-refractivity contribution in [1.29, 1.82) is 0 Å². The smallest absolute Gasteiger partial charge is 0.0370 e. The zero-order chi connectivity index (χ0) is 19.7. The summed E-state index contributed by atoms with van der Waals surface area (Å²) in [5.41, 5.74) is 12.7. The largest absolute Gasteiger partial charge is 0.388 e. The Balaban J connectivity index is 0.000000241. The van der Waals surface area contributed by atoms with Crippen LogP contribution in [0.2, 0.25) is 0 Å². The molecule has 1 saturated carbocycles. The van der Waals surface area contributed by atoms with Gasteiger partial charge in [-0.1, -0.05) is 71.0 Å². The maximum atomic E-state index is 5.54. The summed E-state index contributed by atoms with van der Waals surface area (Å²) in [6.45, 7) is 13.6. The minimum atomic E-state index is 0.532. The molecule has 2 heteroatoms. The first-order valence-corrected chi connectivity index (χ1v) is 9.97. The maximum absolute atomic E-state index is 5.54. The quantitative estimate of drug-likeness (QED) is 0.677. The van der Waals surface area contributed by atoms with Crippen molar-refractivity contribution < 1.29 is 0 Å². The molecule has 0 aliphatic heterocycles. The van der Waals surface area contributed by atoms with Gasteiger partial charge in [-0.25, -0.2) is 0 Å². The number of hydrogen-bond donors (Lipinski definition) is 2. The summed E-state index contributed by atoms with van der Waals surface area (Å²) in [6.07, 6.45) is 2.43. The molecule has 0 saturated heterocycles. The predicted octanol–water partition coefficient (Wildman–Crippen LogP) is 6.28. The minimum Gasteiger partial charge on any atom is -0.388 e. The van der Waals surface area contributed by atoms with Gasteiger partial charge < -0.3 is 11.1 Å². The monoisotopic (exact) mass is 354 g/mol. The second kappa shape index (κ2) is 10.4. The van der Waals surface area contributed by atoms with E-state index in [1.165, 1.54) is 34.4 Å². The van der Waals surface area contributed by atoms with Crippen LogP contribution in [0, 0.1) is 12.3 Å². The van der Waals surface area contributed by atoms with Crippen LogP contribution in [0.25, 0.3) is 0 Å². The van der Waals surface area contributed by atoms with E-state index in [0.29, 0.717) is 12.0 Å². The summed E-state index contributed by atoms with van der Waals surface area (Å²) >= 11 is 0. The van der Waals surface area contributed by atoms with E-state index in [4.69, 9.17) is 5.73 Å². The molecule has 0 spiro atoms. The molecule has 1 unspecified atom stereocenters. The van der Waals surface area contributed by atoms with Gasteiger partial charge in [0.1, 0.15) is 0 Å². The normalized spacial score (nSPS) is 16.5. The van der Waals surface area contributed by atoms with Gasteiger partial charge in [0.25, 0.3) is 0 Å². The number of hydrogen-bond acceptors (Lipinski definition) is 2. The fourth-order valence-electron chi connectivity index (χ4n) is 3.08. The van der Waals surface area contributed by atoms with E-state index in [2.05, 4.69) is 75.5 Å². The van der Waals surface area contributed by atoms with Gasteiger partial charge in [0.15, 0.2) is 0 Å². The summed E-state index contributed by atoms with van der Waals surface area (Å²) in [6, 6.07) is 15.3. The van der Waals surface area contributed by atoms with Crippen LogP contribution in [0.5, 0.6) is 0 Å². The maximum Gasteiger partial charge on any atom is 0.0370 e. The van der Waals surface area contributed by atoms with Crippen molar-refractivity contribution >= 4 is 5.69 Å². The molecule has 1 aliphatic carbocycles. The van der Waals surface area contributed by atoms with Crippen molar-refractivity contribution in [1.82, 2.24) is 0 Å². The number of benzene rings is 2. The molecule has 1 aliphatic rings. The van der Waals surface area contributed by atoms with E-state index < -0.39 is 0 Å². The van der Waals surface area contributed by atoms with Crippen LogP contribution in [0.15, 0.2) is 42.5 Å². The molecule has 3 rings (SSSR count). The fourth-order valence-corrected chi connectivity index (χ4v) is 3.08. The van der Waals surface area contributed by atoms with Crippen LogP contribution in [-0.2, 0) is 13.0 Å². The van der Waals surface area contributed by atoms with E-state index in [1.807, 2.05) is 20.9 Å². The highest BCUT2D eigenvalue weighted by atomic mass is 14.8. The van der Waals surface area contributed by atoms with Crippen molar-refractivity contribution in [2.45, 2.75) is 66.8 Å². The van der Waals surface area contributed by atoms with Crippen molar-refractivity contribution in [2.75, 3.05) is 12.4 Å². The predicted molar refractivity (Wildman–Crippen MR) is 117 cm³/mol. The summed E-state index contributed by atoms with van der Waals surface area (Å²) in [5.74, 6) is 0.777.